The van der Waals surface area contributed by atoms with E-state index in [0.717, 1.165) is 62.7 Å². The van der Waals surface area contributed by atoms with E-state index < -0.39 is 0 Å². The summed E-state index contributed by atoms with van der Waals surface area (Å²) in [5.41, 5.74) is 19.5. The molecule has 2 bridgehead atoms. The van der Waals surface area contributed by atoms with Crippen LogP contribution in [-0.4, -0.2) is 0 Å². The lowest BCUT2D eigenvalue weighted by Gasteiger charge is -2.76. The highest BCUT2D eigenvalue weighted by Gasteiger charge is 2.84. The van der Waals surface area contributed by atoms with Crippen molar-refractivity contribution < 1.29 is 4.42 Å². The third-order valence-corrected chi connectivity index (χ3v) is 17.1. The molecule has 2 spiro atoms. The number of hydrogen-bond donors (Lipinski definition) is 0. The number of nitrogens with zero attached hydrogens (tertiary/aromatic N) is 1. The summed E-state index contributed by atoms with van der Waals surface area (Å²) < 4.78 is 6.55. The Balaban J connectivity index is 0.885. The molecule has 9 aromatic carbocycles. The van der Waals surface area contributed by atoms with Crippen molar-refractivity contribution in [2.24, 2.45) is 29.1 Å². The fourth-order valence-electron chi connectivity index (χ4n) is 14.9. The van der Waals surface area contributed by atoms with Gasteiger partial charge in [0.05, 0.1) is 5.69 Å². The van der Waals surface area contributed by atoms with Crippen LogP contribution >= 0.6 is 0 Å². The Hall–Kier alpha value is -7.16. The van der Waals surface area contributed by atoms with Crippen LogP contribution < -0.4 is 4.90 Å². The number of para-hydroxylation sites is 2. The minimum Gasteiger partial charge on any atom is -0.456 e. The monoisotopic (exact) mass is 819 g/mol. The first-order valence-electron chi connectivity index (χ1n) is 23.4. The quantitative estimate of drug-likeness (QED) is 0.166. The van der Waals surface area contributed by atoms with Gasteiger partial charge in [-0.3, -0.25) is 0 Å². The number of hydrogen-bond acceptors (Lipinski definition) is 2. The largest absolute Gasteiger partial charge is 0.456 e. The second-order valence-corrected chi connectivity index (χ2v) is 19.6. The molecule has 10 aromatic rings. The van der Waals surface area contributed by atoms with Gasteiger partial charge in [-0.2, -0.15) is 0 Å². The normalized spacial score (nSPS) is 24.1. The second kappa shape index (κ2) is 12.7. The molecule has 64 heavy (non-hydrogen) atoms. The summed E-state index contributed by atoms with van der Waals surface area (Å²) in [6.45, 7) is 0. The molecule has 4 saturated carbocycles. The third-order valence-electron chi connectivity index (χ3n) is 17.1. The van der Waals surface area contributed by atoms with E-state index in [4.69, 9.17) is 4.42 Å². The standard InChI is InChI=1S/C62H45NO/c1-2-12-40(13-3-1)46-19-10-14-41-15-11-20-52(60(41)46)49-17-5-8-22-55(49)63(45-29-31-51-50-18-6-9-23-56(50)64-57(51)36-45)44-27-24-39(25-28-44)42-26-30-48-47-16-4-7-21-53(47)62(54(48)34-42)58-33-38-32-43-35-59(62)61(43,58)37-38/h1-31,34,36,38,43,58-59H,32-33,35,37H2. The van der Waals surface area contributed by atoms with Crippen molar-refractivity contribution in [1.82, 2.24) is 0 Å². The lowest BCUT2D eigenvalue weighted by atomic mass is 9.27. The average molecular weight is 820 g/mol. The van der Waals surface area contributed by atoms with E-state index >= 15 is 0 Å². The van der Waals surface area contributed by atoms with Gasteiger partial charge in [0.25, 0.3) is 0 Å². The Bertz CT molecular complexity index is 3560. The molecule has 2 heteroatoms. The van der Waals surface area contributed by atoms with Gasteiger partial charge in [0.15, 0.2) is 0 Å². The van der Waals surface area contributed by atoms with Crippen LogP contribution in [0, 0.1) is 29.1 Å². The predicted octanol–water partition coefficient (Wildman–Crippen LogP) is 16.5. The van der Waals surface area contributed by atoms with Crippen LogP contribution in [-0.2, 0) is 5.41 Å². The maximum absolute atomic E-state index is 6.55. The summed E-state index contributed by atoms with van der Waals surface area (Å²) in [6.07, 6.45) is 5.83. The zero-order chi connectivity index (χ0) is 41.7. The van der Waals surface area contributed by atoms with Crippen LogP contribution in [0.5, 0.6) is 0 Å². The Labute approximate surface area is 373 Å². The van der Waals surface area contributed by atoms with Gasteiger partial charge >= 0.3 is 0 Å². The van der Waals surface area contributed by atoms with Crippen molar-refractivity contribution in [1.29, 1.82) is 0 Å². The topological polar surface area (TPSA) is 16.4 Å². The third kappa shape index (κ3) is 4.46. The van der Waals surface area contributed by atoms with Crippen molar-refractivity contribution >= 4 is 49.8 Å². The van der Waals surface area contributed by atoms with Gasteiger partial charge in [0.2, 0.25) is 0 Å². The van der Waals surface area contributed by atoms with Crippen molar-refractivity contribution in [2.45, 2.75) is 31.1 Å². The number of benzene rings is 9. The summed E-state index contributed by atoms with van der Waals surface area (Å²) in [7, 11) is 0. The highest BCUT2D eigenvalue weighted by molar-refractivity contribution is 6.10. The van der Waals surface area contributed by atoms with Crippen molar-refractivity contribution in [3.63, 3.8) is 0 Å². The summed E-state index contributed by atoms with van der Waals surface area (Å²) in [5, 5.41) is 4.74. The Morgan fingerprint density at radius 1 is 0.438 bits per heavy atom. The highest BCUT2D eigenvalue weighted by Crippen LogP contribution is 2.89. The first-order chi connectivity index (χ1) is 31.7. The van der Waals surface area contributed by atoms with E-state index in [1.807, 2.05) is 6.07 Å². The van der Waals surface area contributed by atoms with E-state index in [1.54, 1.807) is 11.1 Å². The van der Waals surface area contributed by atoms with Gasteiger partial charge in [-0.05, 0) is 158 Å². The molecule has 1 aromatic heterocycles. The molecule has 1 heterocycles. The lowest BCUT2D eigenvalue weighted by molar-refractivity contribution is -0.231. The van der Waals surface area contributed by atoms with E-state index in [0.29, 0.717) is 5.41 Å². The van der Waals surface area contributed by atoms with Crippen molar-refractivity contribution in [3.05, 3.63) is 211 Å². The molecule has 5 aliphatic carbocycles. The number of anilines is 3. The summed E-state index contributed by atoms with van der Waals surface area (Å²) in [5.74, 6) is 3.51. The molecule has 0 saturated heterocycles. The van der Waals surface area contributed by atoms with Crippen LogP contribution in [0.15, 0.2) is 205 Å². The van der Waals surface area contributed by atoms with E-state index in [1.165, 1.54) is 81.0 Å². The van der Waals surface area contributed by atoms with Crippen LogP contribution in [0.2, 0.25) is 0 Å². The van der Waals surface area contributed by atoms with Gasteiger partial charge < -0.3 is 9.32 Å². The van der Waals surface area contributed by atoms with Gasteiger partial charge in [-0.1, -0.05) is 152 Å². The molecule has 0 N–H and O–H groups in total. The fraction of sp³-hybridized carbons (Fsp3) is 0.161. The average Bonchev–Trinajstić information content (AvgIpc) is 4.09. The van der Waals surface area contributed by atoms with E-state index in [-0.39, 0.29) is 5.41 Å². The molecule has 2 nitrogen and oxygen atoms in total. The zero-order valence-electron chi connectivity index (χ0n) is 35.5. The summed E-state index contributed by atoms with van der Waals surface area (Å²) in [4.78, 5) is 2.43. The molecule has 0 aliphatic heterocycles. The minimum atomic E-state index is 0.186. The maximum Gasteiger partial charge on any atom is 0.137 e. The molecule has 6 unspecified atom stereocenters. The van der Waals surface area contributed by atoms with E-state index in [9.17, 15) is 0 Å². The predicted molar refractivity (Wildman–Crippen MR) is 263 cm³/mol. The van der Waals surface area contributed by atoms with Crippen LogP contribution in [0.1, 0.15) is 36.8 Å². The van der Waals surface area contributed by atoms with Gasteiger partial charge in [-0.25, -0.2) is 0 Å². The number of fused-ring (bicyclic) bond motifs is 12. The first kappa shape index (κ1) is 35.3. The van der Waals surface area contributed by atoms with Crippen LogP contribution in [0.4, 0.5) is 17.1 Å². The van der Waals surface area contributed by atoms with Gasteiger partial charge in [0.1, 0.15) is 11.2 Å². The van der Waals surface area contributed by atoms with Gasteiger partial charge in [-0.15, -0.1) is 0 Å². The van der Waals surface area contributed by atoms with Crippen LogP contribution in [0.25, 0.3) is 77.2 Å². The number of furan rings is 1. The highest BCUT2D eigenvalue weighted by atomic mass is 16.3. The molecule has 5 aliphatic rings. The van der Waals surface area contributed by atoms with Crippen molar-refractivity contribution in [2.75, 3.05) is 4.90 Å². The molecule has 0 amide bonds. The Morgan fingerprint density at radius 2 is 1.12 bits per heavy atom. The molecule has 6 atom stereocenters. The summed E-state index contributed by atoms with van der Waals surface area (Å²) in [6, 6.07) is 74.5. The molecule has 304 valence electrons. The van der Waals surface area contributed by atoms with Crippen molar-refractivity contribution in [3.8, 4) is 44.5 Å². The first-order valence-corrected chi connectivity index (χ1v) is 23.4. The lowest BCUT2D eigenvalue weighted by Crippen LogP contribution is -2.73. The van der Waals surface area contributed by atoms with E-state index in [2.05, 4.69) is 199 Å². The molecule has 0 radical (unpaired) electrons. The number of rotatable bonds is 6. The molecular formula is C62H45NO. The zero-order valence-corrected chi connectivity index (χ0v) is 35.5. The van der Waals surface area contributed by atoms with Gasteiger partial charge in [0, 0.05) is 39.2 Å². The SMILES string of the molecule is c1ccc(-c2cccc3cccc(-c4ccccc4N(c4ccc(-c5ccc6c(c5)C5(c7ccccc7-6)C6CC7CC8CC5C86C7)cc4)c4ccc5c(c4)oc4ccccc45)c23)cc1. The Kier molecular flexibility index (Phi) is 7.03. The maximum atomic E-state index is 6.55. The summed E-state index contributed by atoms with van der Waals surface area (Å²) >= 11 is 0. The minimum absolute atomic E-state index is 0.186. The fourth-order valence-corrected chi connectivity index (χ4v) is 14.9. The Morgan fingerprint density at radius 3 is 2.00 bits per heavy atom. The molecule has 4 fully saturated rings. The van der Waals surface area contributed by atoms with Crippen LogP contribution in [0.3, 0.4) is 0 Å². The second-order valence-electron chi connectivity index (χ2n) is 19.6. The smallest absolute Gasteiger partial charge is 0.137 e. The molecular weight excluding hydrogens is 775 g/mol. The molecule has 15 rings (SSSR count).